The molecular formula is C29H35N3O3S. The molecule has 0 saturated carbocycles. The van der Waals surface area contributed by atoms with Crippen LogP contribution in [-0.2, 0) is 10.0 Å². The van der Waals surface area contributed by atoms with Gasteiger partial charge in [0.2, 0.25) is 10.0 Å². The lowest BCUT2D eigenvalue weighted by Crippen LogP contribution is -2.49. The van der Waals surface area contributed by atoms with Gasteiger partial charge in [-0.2, -0.15) is 4.31 Å². The maximum atomic E-state index is 13.5. The number of nitrogens with zero attached hydrogens (tertiary/aromatic N) is 2. The van der Waals surface area contributed by atoms with E-state index in [0.717, 1.165) is 5.56 Å². The summed E-state index contributed by atoms with van der Waals surface area (Å²) in [6.07, 6.45) is 0. The molecule has 0 bridgehead atoms. The predicted octanol–water partition coefficient (Wildman–Crippen LogP) is 4.48. The standard InChI is InChI=1S/C29H35N3O3S/c1-22(2)21-30-29(33)27-20-26(15-14-23(27)3)36(34,35)32-18-16-31(17-19-32)28(24-10-6-4-7-11-24)25-12-8-5-9-13-25/h4-15,20,22,28H,16-19,21H2,1-3H3,(H,30,33). The number of benzene rings is 3. The van der Waals surface area contributed by atoms with Crippen molar-refractivity contribution in [1.82, 2.24) is 14.5 Å². The molecule has 190 valence electrons. The number of carbonyl (C=O) groups is 1. The third-order valence-corrected chi connectivity index (χ3v) is 8.53. The Hall–Kier alpha value is -3.00. The van der Waals surface area contributed by atoms with Gasteiger partial charge in [-0.15, -0.1) is 0 Å². The van der Waals surface area contributed by atoms with Crippen LogP contribution in [0, 0.1) is 12.8 Å². The zero-order valence-electron chi connectivity index (χ0n) is 21.2. The fourth-order valence-corrected chi connectivity index (χ4v) is 6.08. The molecule has 3 aromatic rings. The van der Waals surface area contributed by atoms with E-state index in [0.29, 0.717) is 44.2 Å². The molecule has 6 nitrogen and oxygen atoms in total. The Morgan fingerprint density at radius 3 is 1.94 bits per heavy atom. The van der Waals surface area contributed by atoms with Gasteiger partial charge >= 0.3 is 0 Å². The van der Waals surface area contributed by atoms with Gasteiger partial charge < -0.3 is 5.32 Å². The molecule has 1 aliphatic heterocycles. The van der Waals surface area contributed by atoms with Crippen LogP contribution in [0.2, 0.25) is 0 Å². The van der Waals surface area contributed by atoms with Crippen LogP contribution < -0.4 is 5.32 Å². The first kappa shape index (κ1) is 26.1. The summed E-state index contributed by atoms with van der Waals surface area (Å²) in [7, 11) is -3.72. The van der Waals surface area contributed by atoms with E-state index in [4.69, 9.17) is 0 Å². The molecule has 1 fully saturated rings. The summed E-state index contributed by atoms with van der Waals surface area (Å²) >= 11 is 0. The predicted molar refractivity (Wildman–Crippen MR) is 143 cm³/mol. The van der Waals surface area contributed by atoms with Crippen LogP contribution in [0.3, 0.4) is 0 Å². The number of piperazine rings is 1. The first-order valence-electron chi connectivity index (χ1n) is 12.5. The molecule has 7 heteroatoms. The van der Waals surface area contributed by atoms with E-state index in [9.17, 15) is 13.2 Å². The second-order valence-electron chi connectivity index (χ2n) is 9.74. The summed E-state index contributed by atoms with van der Waals surface area (Å²) < 4.78 is 28.6. The molecule has 1 aliphatic rings. The van der Waals surface area contributed by atoms with Crippen LogP contribution in [0.5, 0.6) is 0 Å². The zero-order valence-corrected chi connectivity index (χ0v) is 22.0. The van der Waals surface area contributed by atoms with Crippen LogP contribution in [0.25, 0.3) is 0 Å². The molecule has 1 amide bonds. The normalized spacial score (nSPS) is 15.4. The van der Waals surface area contributed by atoms with Gasteiger partial charge in [0, 0.05) is 38.3 Å². The third kappa shape index (κ3) is 5.86. The lowest BCUT2D eigenvalue weighted by molar-refractivity contribution is 0.0948. The van der Waals surface area contributed by atoms with Gasteiger partial charge in [-0.3, -0.25) is 9.69 Å². The largest absolute Gasteiger partial charge is 0.352 e. The van der Waals surface area contributed by atoms with Gasteiger partial charge in [-0.1, -0.05) is 80.6 Å². The number of hydrogen-bond donors (Lipinski definition) is 1. The van der Waals surface area contributed by atoms with Crippen molar-refractivity contribution < 1.29 is 13.2 Å². The van der Waals surface area contributed by atoms with E-state index in [-0.39, 0.29) is 16.8 Å². The van der Waals surface area contributed by atoms with Gasteiger partial charge in [0.25, 0.3) is 5.91 Å². The molecule has 3 aromatic carbocycles. The summed E-state index contributed by atoms with van der Waals surface area (Å²) in [6.45, 7) is 8.42. The maximum Gasteiger partial charge on any atom is 0.251 e. The maximum absolute atomic E-state index is 13.5. The molecule has 0 unspecified atom stereocenters. The highest BCUT2D eigenvalue weighted by Crippen LogP contribution is 2.30. The molecule has 36 heavy (non-hydrogen) atoms. The van der Waals surface area contributed by atoms with Crippen molar-refractivity contribution in [3.8, 4) is 0 Å². The number of nitrogens with one attached hydrogen (secondary N) is 1. The quantitative estimate of drug-likeness (QED) is 0.490. The summed E-state index contributed by atoms with van der Waals surface area (Å²) in [5, 5.41) is 2.89. The molecule has 1 heterocycles. The third-order valence-electron chi connectivity index (χ3n) is 6.63. The SMILES string of the molecule is Cc1ccc(S(=O)(=O)N2CCN(C(c3ccccc3)c3ccccc3)CC2)cc1C(=O)NCC(C)C. The highest BCUT2D eigenvalue weighted by molar-refractivity contribution is 7.89. The highest BCUT2D eigenvalue weighted by Gasteiger charge is 2.32. The Bertz CT molecular complexity index is 1230. The van der Waals surface area contributed by atoms with E-state index < -0.39 is 10.0 Å². The van der Waals surface area contributed by atoms with Crippen LogP contribution in [-0.4, -0.2) is 56.3 Å². The number of amides is 1. The minimum absolute atomic E-state index is 0.0629. The summed E-state index contributed by atoms with van der Waals surface area (Å²) in [5.41, 5.74) is 3.54. The smallest absolute Gasteiger partial charge is 0.251 e. The minimum atomic E-state index is -3.72. The molecule has 0 atom stereocenters. The minimum Gasteiger partial charge on any atom is -0.352 e. The summed E-state index contributed by atoms with van der Waals surface area (Å²) in [4.78, 5) is 15.2. The number of rotatable bonds is 8. The Labute approximate surface area is 215 Å². The van der Waals surface area contributed by atoms with Gasteiger partial charge in [0.1, 0.15) is 0 Å². The van der Waals surface area contributed by atoms with Gasteiger partial charge in [-0.25, -0.2) is 8.42 Å². The Kier molecular flexibility index (Phi) is 8.24. The molecule has 1 N–H and O–H groups in total. The van der Waals surface area contributed by atoms with Gasteiger partial charge in [0.15, 0.2) is 0 Å². The monoisotopic (exact) mass is 505 g/mol. The van der Waals surface area contributed by atoms with Crippen molar-refractivity contribution in [3.05, 3.63) is 101 Å². The van der Waals surface area contributed by atoms with Crippen LogP contribution >= 0.6 is 0 Å². The van der Waals surface area contributed by atoms with Crippen molar-refractivity contribution in [1.29, 1.82) is 0 Å². The molecule has 0 spiro atoms. The zero-order chi connectivity index (χ0) is 25.7. The van der Waals surface area contributed by atoms with E-state index in [2.05, 4.69) is 34.5 Å². The number of sulfonamides is 1. The summed E-state index contributed by atoms with van der Waals surface area (Å²) in [6, 6.07) is 25.6. The second kappa shape index (κ2) is 11.4. The molecule has 4 rings (SSSR count). The summed E-state index contributed by atoms with van der Waals surface area (Å²) in [5.74, 6) is 0.0738. The average molecular weight is 506 g/mol. The van der Waals surface area contributed by atoms with E-state index in [1.54, 1.807) is 12.1 Å². The Balaban J connectivity index is 1.52. The van der Waals surface area contributed by atoms with Crippen molar-refractivity contribution in [2.24, 2.45) is 5.92 Å². The molecule has 0 radical (unpaired) electrons. The lowest BCUT2D eigenvalue weighted by Gasteiger charge is -2.39. The van der Waals surface area contributed by atoms with Crippen molar-refractivity contribution in [2.45, 2.75) is 31.7 Å². The van der Waals surface area contributed by atoms with Gasteiger partial charge in [-0.05, 0) is 41.7 Å². The lowest BCUT2D eigenvalue weighted by atomic mass is 9.96. The fraction of sp³-hybridized carbons (Fsp3) is 0.345. The Morgan fingerprint density at radius 2 is 1.42 bits per heavy atom. The fourth-order valence-electron chi connectivity index (χ4n) is 4.63. The molecular weight excluding hydrogens is 470 g/mol. The van der Waals surface area contributed by atoms with Crippen molar-refractivity contribution in [2.75, 3.05) is 32.7 Å². The first-order valence-corrected chi connectivity index (χ1v) is 13.9. The molecule has 1 saturated heterocycles. The highest BCUT2D eigenvalue weighted by atomic mass is 32.2. The van der Waals surface area contributed by atoms with E-state index >= 15 is 0 Å². The van der Waals surface area contributed by atoms with Crippen LogP contribution in [0.1, 0.15) is 46.9 Å². The number of hydrogen-bond acceptors (Lipinski definition) is 4. The van der Waals surface area contributed by atoms with Gasteiger partial charge in [0.05, 0.1) is 10.9 Å². The van der Waals surface area contributed by atoms with E-state index in [1.165, 1.54) is 21.5 Å². The van der Waals surface area contributed by atoms with Crippen LogP contribution in [0.15, 0.2) is 83.8 Å². The second-order valence-corrected chi connectivity index (χ2v) is 11.7. The van der Waals surface area contributed by atoms with Crippen molar-refractivity contribution >= 4 is 15.9 Å². The number of aryl methyl sites for hydroxylation is 1. The molecule has 0 aromatic heterocycles. The first-order chi connectivity index (χ1) is 17.3. The topological polar surface area (TPSA) is 69.7 Å². The Morgan fingerprint density at radius 1 is 0.861 bits per heavy atom. The van der Waals surface area contributed by atoms with Crippen molar-refractivity contribution in [3.63, 3.8) is 0 Å². The van der Waals surface area contributed by atoms with Crippen LogP contribution in [0.4, 0.5) is 0 Å². The number of carbonyl (C=O) groups excluding carboxylic acids is 1. The van der Waals surface area contributed by atoms with E-state index in [1.807, 2.05) is 57.2 Å². The molecule has 0 aliphatic carbocycles. The average Bonchev–Trinajstić information content (AvgIpc) is 2.89.